The van der Waals surface area contributed by atoms with E-state index in [1.54, 1.807) is 19.2 Å². The minimum absolute atomic E-state index is 0.0150. The predicted octanol–water partition coefficient (Wildman–Crippen LogP) is 3.68. The zero-order valence-corrected chi connectivity index (χ0v) is 17.3. The molecule has 0 saturated heterocycles. The van der Waals surface area contributed by atoms with E-state index in [1.807, 2.05) is 0 Å². The molecule has 0 radical (unpaired) electrons. The van der Waals surface area contributed by atoms with Crippen LogP contribution in [0.15, 0.2) is 17.1 Å². The van der Waals surface area contributed by atoms with E-state index in [0.29, 0.717) is 30.0 Å². The van der Waals surface area contributed by atoms with Crippen molar-refractivity contribution in [2.24, 2.45) is 16.8 Å². The van der Waals surface area contributed by atoms with Crippen LogP contribution in [0.25, 0.3) is 0 Å². The number of hydrogen-bond donors (Lipinski definition) is 3. The number of nitrogens with one attached hydrogen (secondary N) is 2. The molecule has 0 heterocycles. The van der Waals surface area contributed by atoms with Crippen LogP contribution in [-0.4, -0.2) is 38.4 Å². The van der Waals surface area contributed by atoms with Crippen LogP contribution in [-0.2, 0) is 6.54 Å². The smallest absolute Gasteiger partial charge is 0.200 e. The number of phenols is 1. The standard InChI is InChI=1S/C21H35N3O3/c1-14(17-9-7-6-8-10-17)15(2)24-21(22-3)23-13-16-11-18(26-4)20(25)19(12-16)27-5/h11-12,14-15,17,25H,6-10,13H2,1-5H3,(H2,22,23,24). The second-order valence-electron chi connectivity index (χ2n) is 7.46. The molecular formula is C21H35N3O3. The highest BCUT2D eigenvalue weighted by atomic mass is 16.5. The number of guanidine groups is 1. The van der Waals surface area contributed by atoms with Crippen molar-refractivity contribution in [3.63, 3.8) is 0 Å². The van der Waals surface area contributed by atoms with Gasteiger partial charge in [-0.15, -0.1) is 0 Å². The molecule has 2 atom stereocenters. The highest BCUT2D eigenvalue weighted by Gasteiger charge is 2.25. The number of hydrogen-bond acceptors (Lipinski definition) is 4. The fourth-order valence-corrected chi connectivity index (χ4v) is 3.85. The van der Waals surface area contributed by atoms with E-state index >= 15 is 0 Å². The molecule has 0 spiro atoms. The zero-order chi connectivity index (χ0) is 19.8. The first kappa shape index (κ1) is 21.2. The Hall–Kier alpha value is -2.11. The molecule has 27 heavy (non-hydrogen) atoms. The van der Waals surface area contributed by atoms with Gasteiger partial charge in [0.25, 0.3) is 0 Å². The molecule has 0 aliphatic heterocycles. The molecule has 1 aliphatic carbocycles. The lowest BCUT2D eigenvalue weighted by atomic mass is 9.78. The molecule has 6 nitrogen and oxygen atoms in total. The molecule has 1 saturated carbocycles. The largest absolute Gasteiger partial charge is 0.502 e. The highest BCUT2D eigenvalue weighted by Crippen LogP contribution is 2.37. The van der Waals surface area contributed by atoms with Gasteiger partial charge in [0.15, 0.2) is 17.5 Å². The summed E-state index contributed by atoms with van der Waals surface area (Å²) in [5.41, 5.74) is 0.942. The third-order valence-corrected chi connectivity index (χ3v) is 5.77. The van der Waals surface area contributed by atoms with E-state index in [-0.39, 0.29) is 5.75 Å². The summed E-state index contributed by atoms with van der Waals surface area (Å²) in [4.78, 5) is 4.36. The van der Waals surface area contributed by atoms with Crippen LogP contribution < -0.4 is 20.1 Å². The van der Waals surface area contributed by atoms with Crippen molar-refractivity contribution in [2.45, 2.75) is 58.5 Å². The van der Waals surface area contributed by atoms with Gasteiger partial charge in [-0.05, 0) is 36.5 Å². The first-order chi connectivity index (χ1) is 13.0. The number of phenolic OH excluding ortho intramolecular Hbond substituents is 1. The molecule has 6 heteroatoms. The summed E-state index contributed by atoms with van der Waals surface area (Å²) in [6.45, 7) is 5.13. The van der Waals surface area contributed by atoms with Gasteiger partial charge in [0.05, 0.1) is 14.2 Å². The Labute approximate surface area is 163 Å². The van der Waals surface area contributed by atoms with Crippen molar-refractivity contribution in [2.75, 3.05) is 21.3 Å². The van der Waals surface area contributed by atoms with Crippen molar-refractivity contribution >= 4 is 5.96 Å². The lowest BCUT2D eigenvalue weighted by Crippen LogP contribution is -2.46. The Bertz CT molecular complexity index is 602. The van der Waals surface area contributed by atoms with Crippen LogP contribution in [0, 0.1) is 11.8 Å². The van der Waals surface area contributed by atoms with E-state index in [1.165, 1.54) is 46.3 Å². The minimum Gasteiger partial charge on any atom is -0.502 e. The molecule has 3 N–H and O–H groups in total. The van der Waals surface area contributed by atoms with Gasteiger partial charge in [-0.2, -0.15) is 0 Å². The number of nitrogens with zero attached hydrogens (tertiary/aromatic N) is 1. The molecule has 0 bridgehead atoms. The van der Waals surface area contributed by atoms with Crippen LogP contribution in [0.4, 0.5) is 0 Å². The number of ether oxygens (including phenoxy) is 2. The van der Waals surface area contributed by atoms with Gasteiger partial charge in [-0.1, -0.05) is 39.0 Å². The molecule has 1 fully saturated rings. The Balaban J connectivity index is 1.95. The summed E-state index contributed by atoms with van der Waals surface area (Å²) in [6, 6.07) is 3.95. The number of aromatic hydroxyl groups is 1. The average molecular weight is 378 g/mol. The molecule has 1 aromatic carbocycles. The molecule has 1 aliphatic rings. The van der Waals surface area contributed by atoms with E-state index in [9.17, 15) is 5.11 Å². The highest BCUT2D eigenvalue weighted by molar-refractivity contribution is 5.80. The van der Waals surface area contributed by atoms with Gasteiger partial charge in [-0.25, -0.2) is 0 Å². The topological polar surface area (TPSA) is 75.1 Å². The Morgan fingerprint density at radius 2 is 1.74 bits per heavy atom. The summed E-state index contributed by atoms with van der Waals surface area (Å²) in [5, 5.41) is 16.9. The Kier molecular flexibility index (Phi) is 8.07. The van der Waals surface area contributed by atoms with Crippen molar-refractivity contribution in [3.05, 3.63) is 17.7 Å². The van der Waals surface area contributed by atoms with E-state index in [0.717, 1.165) is 17.4 Å². The number of rotatable bonds is 7. The minimum atomic E-state index is 0.0150. The van der Waals surface area contributed by atoms with E-state index in [4.69, 9.17) is 9.47 Å². The summed E-state index contributed by atoms with van der Waals surface area (Å²) in [7, 11) is 4.84. The first-order valence-electron chi connectivity index (χ1n) is 9.91. The molecule has 0 amide bonds. The van der Waals surface area contributed by atoms with Gasteiger partial charge < -0.3 is 25.2 Å². The van der Waals surface area contributed by atoms with Crippen LogP contribution in [0.2, 0.25) is 0 Å². The maximum atomic E-state index is 10.0. The normalized spacial score (nSPS) is 17.9. The lowest BCUT2D eigenvalue weighted by Gasteiger charge is -2.32. The third-order valence-electron chi connectivity index (χ3n) is 5.77. The number of aliphatic imine (C=N–C) groups is 1. The van der Waals surface area contributed by atoms with Crippen LogP contribution >= 0.6 is 0 Å². The summed E-state index contributed by atoms with van der Waals surface area (Å²) < 4.78 is 10.4. The van der Waals surface area contributed by atoms with Gasteiger partial charge in [0, 0.05) is 19.6 Å². The molecule has 0 aromatic heterocycles. The molecule has 2 unspecified atom stereocenters. The summed E-state index contributed by atoms with van der Waals surface area (Å²) in [5.74, 6) is 2.99. The lowest BCUT2D eigenvalue weighted by molar-refractivity contribution is 0.229. The maximum Gasteiger partial charge on any atom is 0.200 e. The maximum absolute atomic E-state index is 10.0. The molecule has 152 valence electrons. The summed E-state index contributed by atoms with van der Waals surface area (Å²) >= 11 is 0. The quantitative estimate of drug-likeness (QED) is 0.499. The molecular weight excluding hydrogens is 342 g/mol. The van der Waals surface area contributed by atoms with Crippen molar-refractivity contribution in [1.29, 1.82) is 0 Å². The van der Waals surface area contributed by atoms with E-state index in [2.05, 4.69) is 29.5 Å². The van der Waals surface area contributed by atoms with Gasteiger partial charge in [0.1, 0.15) is 0 Å². The monoisotopic (exact) mass is 377 g/mol. The van der Waals surface area contributed by atoms with Crippen LogP contribution in [0.5, 0.6) is 17.2 Å². The SMILES string of the molecule is CN=C(NCc1cc(OC)c(O)c(OC)c1)NC(C)C(C)C1CCCCC1. The second-order valence-corrected chi connectivity index (χ2v) is 7.46. The Morgan fingerprint density at radius 3 is 2.26 bits per heavy atom. The zero-order valence-electron chi connectivity index (χ0n) is 17.3. The second kappa shape index (κ2) is 10.3. The van der Waals surface area contributed by atoms with E-state index < -0.39 is 0 Å². The molecule has 2 rings (SSSR count). The first-order valence-corrected chi connectivity index (χ1v) is 9.91. The average Bonchev–Trinajstić information content (AvgIpc) is 2.71. The number of methoxy groups -OCH3 is 2. The molecule has 1 aromatic rings. The number of benzene rings is 1. The van der Waals surface area contributed by atoms with Gasteiger partial charge in [-0.3, -0.25) is 4.99 Å². The predicted molar refractivity (Wildman–Crippen MR) is 110 cm³/mol. The van der Waals surface area contributed by atoms with Crippen molar-refractivity contribution in [1.82, 2.24) is 10.6 Å². The summed E-state index contributed by atoms with van der Waals surface area (Å²) in [6.07, 6.45) is 6.78. The Morgan fingerprint density at radius 1 is 1.15 bits per heavy atom. The third kappa shape index (κ3) is 5.68. The fourth-order valence-electron chi connectivity index (χ4n) is 3.85. The fraction of sp³-hybridized carbons (Fsp3) is 0.667. The van der Waals surface area contributed by atoms with Gasteiger partial charge >= 0.3 is 0 Å². The van der Waals surface area contributed by atoms with Crippen LogP contribution in [0.1, 0.15) is 51.5 Å². The van der Waals surface area contributed by atoms with Crippen LogP contribution in [0.3, 0.4) is 0 Å². The van der Waals surface area contributed by atoms with Crippen molar-refractivity contribution in [3.8, 4) is 17.2 Å². The van der Waals surface area contributed by atoms with Gasteiger partial charge in [0.2, 0.25) is 5.75 Å². The van der Waals surface area contributed by atoms with Crippen molar-refractivity contribution < 1.29 is 14.6 Å².